The molecule has 22 heavy (non-hydrogen) atoms. The van der Waals surface area contributed by atoms with Crippen molar-refractivity contribution in [1.82, 2.24) is 14.8 Å². The Labute approximate surface area is 134 Å². The fourth-order valence-corrected chi connectivity index (χ4v) is 4.18. The predicted octanol–water partition coefficient (Wildman–Crippen LogP) is 2.55. The number of hydrogen-bond acceptors (Lipinski definition) is 4. The largest absolute Gasteiger partial charge is 0.385 e. The zero-order valence-electron chi connectivity index (χ0n) is 13.8. The van der Waals surface area contributed by atoms with Gasteiger partial charge in [0.05, 0.1) is 0 Å². The molecule has 3 heterocycles. The van der Waals surface area contributed by atoms with Gasteiger partial charge in [0, 0.05) is 57.8 Å². The van der Waals surface area contributed by atoms with E-state index in [1.807, 2.05) is 12.4 Å². The van der Waals surface area contributed by atoms with E-state index in [0.717, 1.165) is 13.2 Å². The highest BCUT2D eigenvalue weighted by Gasteiger charge is 2.42. The SMILES string of the molecule is COCCCN1CCCC12CCN(Cc1ccncc1)CC2. The molecule has 3 rings (SSSR count). The van der Waals surface area contributed by atoms with Crippen LogP contribution >= 0.6 is 0 Å². The minimum Gasteiger partial charge on any atom is -0.385 e. The maximum Gasteiger partial charge on any atom is 0.0474 e. The van der Waals surface area contributed by atoms with Gasteiger partial charge in [-0.3, -0.25) is 14.8 Å². The fraction of sp³-hybridized carbons (Fsp3) is 0.722. The normalized spacial score (nSPS) is 22.4. The monoisotopic (exact) mass is 303 g/mol. The summed E-state index contributed by atoms with van der Waals surface area (Å²) < 4.78 is 5.22. The maximum atomic E-state index is 5.22. The van der Waals surface area contributed by atoms with Gasteiger partial charge in [-0.15, -0.1) is 0 Å². The predicted molar refractivity (Wildman–Crippen MR) is 88.8 cm³/mol. The average molecular weight is 303 g/mol. The summed E-state index contributed by atoms with van der Waals surface area (Å²) in [7, 11) is 1.80. The summed E-state index contributed by atoms with van der Waals surface area (Å²) >= 11 is 0. The van der Waals surface area contributed by atoms with E-state index in [-0.39, 0.29) is 0 Å². The number of likely N-dealkylation sites (tertiary alicyclic amines) is 2. The molecule has 0 radical (unpaired) electrons. The van der Waals surface area contributed by atoms with E-state index in [1.54, 1.807) is 7.11 Å². The van der Waals surface area contributed by atoms with Crippen LogP contribution in [0.5, 0.6) is 0 Å². The third-order valence-corrected chi connectivity index (χ3v) is 5.46. The molecule has 0 aliphatic carbocycles. The Morgan fingerprint density at radius 2 is 1.91 bits per heavy atom. The van der Waals surface area contributed by atoms with Crippen molar-refractivity contribution < 1.29 is 4.74 Å². The zero-order chi connectivity index (χ0) is 15.3. The van der Waals surface area contributed by atoms with Gasteiger partial charge < -0.3 is 4.74 Å². The van der Waals surface area contributed by atoms with E-state index in [1.165, 1.54) is 63.8 Å². The van der Waals surface area contributed by atoms with E-state index in [2.05, 4.69) is 26.9 Å². The number of aromatic nitrogens is 1. The Kier molecular flexibility index (Phi) is 5.45. The number of ether oxygens (including phenoxy) is 1. The number of nitrogens with zero attached hydrogens (tertiary/aromatic N) is 3. The number of piperidine rings is 1. The molecule has 0 bridgehead atoms. The molecular weight excluding hydrogens is 274 g/mol. The van der Waals surface area contributed by atoms with Crippen molar-refractivity contribution in [3.05, 3.63) is 30.1 Å². The molecule has 0 saturated carbocycles. The number of hydrogen-bond donors (Lipinski definition) is 0. The first-order valence-corrected chi connectivity index (χ1v) is 8.68. The van der Waals surface area contributed by atoms with Gasteiger partial charge in [-0.25, -0.2) is 0 Å². The van der Waals surface area contributed by atoms with E-state index in [9.17, 15) is 0 Å². The molecule has 4 nitrogen and oxygen atoms in total. The van der Waals surface area contributed by atoms with Crippen LogP contribution in [0, 0.1) is 0 Å². The van der Waals surface area contributed by atoms with Crippen LogP contribution in [0.25, 0.3) is 0 Å². The minimum absolute atomic E-state index is 0.489. The van der Waals surface area contributed by atoms with E-state index in [0.29, 0.717) is 5.54 Å². The molecule has 0 aromatic carbocycles. The van der Waals surface area contributed by atoms with Gasteiger partial charge in [-0.05, 0) is 56.3 Å². The van der Waals surface area contributed by atoms with Crippen LogP contribution in [0.15, 0.2) is 24.5 Å². The van der Waals surface area contributed by atoms with Crippen LogP contribution in [0.4, 0.5) is 0 Å². The molecule has 122 valence electrons. The standard InChI is InChI=1S/C18H29N3O/c1-22-15-3-12-21-11-2-6-18(21)7-13-20(14-8-18)16-17-4-9-19-10-5-17/h4-5,9-10H,2-3,6-8,11-16H2,1H3. The van der Waals surface area contributed by atoms with E-state index < -0.39 is 0 Å². The second-order valence-electron chi connectivity index (χ2n) is 6.79. The van der Waals surface area contributed by atoms with Crippen LogP contribution in [-0.4, -0.2) is 60.2 Å². The topological polar surface area (TPSA) is 28.6 Å². The van der Waals surface area contributed by atoms with Crippen LogP contribution in [0.1, 0.15) is 37.7 Å². The molecule has 0 N–H and O–H groups in total. The van der Waals surface area contributed by atoms with Gasteiger partial charge >= 0.3 is 0 Å². The molecule has 2 saturated heterocycles. The third-order valence-electron chi connectivity index (χ3n) is 5.46. The van der Waals surface area contributed by atoms with Crippen molar-refractivity contribution in [3.63, 3.8) is 0 Å². The van der Waals surface area contributed by atoms with Crippen molar-refractivity contribution >= 4 is 0 Å². The molecule has 0 unspecified atom stereocenters. The van der Waals surface area contributed by atoms with E-state index >= 15 is 0 Å². The second-order valence-corrected chi connectivity index (χ2v) is 6.79. The first-order valence-electron chi connectivity index (χ1n) is 8.68. The highest BCUT2D eigenvalue weighted by Crippen LogP contribution is 2.38. The molecule has 0 amide bonds. The van der Waals surface area contributed by atoms with Crippen LogP contribution in [-0.2, 0) is 11.3 Å². The minimum atomic E-state index is 0.489. The molecule has 2 aliphatic rings. The van der Waals surface area contributed by atoms with Gasteiger partial charge in [-0.2, -0.15) is 0 Å². The van der Waals surface area contributed by atoms with Gasteiger partial charge in [-0.1, -0.05) is 0 Å². The summed E-state index contributed by atoms with van der Waals surface area (Å²) in [6.07, 6.45) is 10.4. The molecule has 4 heteroatoms. The summed E-state index contributed by atoms with van der Waals surface area (Å²) in [5.41, 5.74) is 1.87. The second kappa shape index (κ2) is 7.53. The Hall–Kier alpha value is -0.970. The van der Waals surface area contributed by atoms with Gasteiger partial charge in [0.15, 0.2) is 0 Å². The molecule has 1 spiro atoms. The lowest BCUT2D eigenvalue weighted by Gasteiger charge is -2.45. The quantitative estimate of drug-likeness (QED) is 0.755. The Balaban J connectivity index is 1.51. The molecule has 1 aromatic rings. The van der Waals surface area contributed by atoms with Gasteiger partial charge in [0.2, 0.25) is 0 Å². The lowest BCUT2D eigenvalue weighted by Crippen LogP contribution is -2.52. The van der Waals surface area contributed by atoms with Crippen molar-refractivity contribution in [2.45, 2.75) is 44.2 Å². The number of rotatable bonds is 6. The van der Waals surface area contributed by atoms with Crippen molar-refractivity contribution in [1.29, 1.82) is 0 Å². The number of pyridine rings is 1. The van der Waals surface area contributed by atoms with Crippen LogP contribution < -0.4 is 0 Å². The maximum absolute atomic E-state index is 5.22. The Morgan fingerprint density at radius 1 is 1.14 bits per heavy atom. The number of methoxy groups -OCH3 is 1. The third kappa shape index (κ3) is 3.67. The highest BCUT2D eigenvalue weighted by atomic mass is 16.5. The van der Waals surface area contributed by atoms with Crippen molar-refractivity contribution in [3.8, 4) is 0 Å². The lowest BCUT2D eigenvalue weighted by atomic mass is 9.84. The van der Waals surface area contributed by atoms with Crippen molar-refractivity contribution in [2.24, 2.45) is 0 Å². The van der Waals surface area contributed by atoms with E-state index in [4.69, 9.17) is 4.74 Å². The molecule has 2 fully saturated rings. The molecule has 2 aliphatic heterocycles. The fourth-order valence-electron chi connectivity index (χ4n) is 4.18. The summed E-state index contributed by atoms with van der Waals surface area (Å²) in [6.45, 7) is 6.90. The Morgan fingerprint density at radius 3 is 2.64 bits per heavy atom. The Bertz CT molecular complexity index is 443. The first kappa shape index (κ1) is 15.9. The molecule has 0 atom stereocenters. The summed E-state index contributed by atoms with van der Waals surface area (Å²) in [5.74, 6) is 0. The van der Waals surface area contributed by atoms with Gasteiger partial charge in [0.1, 0.15) is 0 Å². The van der Waals surface area contributed by atoms with Crippen LogP contribution in [0.3, 0.4) is 0 Å². The average Bonchev–Trinajstić information content (AvgIpc) is 2.94. The van der Waals surface area contributed by atoms with Crippen LogP contribution in [0.2, 0.25) is 0 Å². The summed E-state index contributed by atoms with van der Waals surface area (Å²) in [5, 5.41) is 0. The molecule has 1 aromatic heterocycles. The lowest BCUT2D eigenvalue weighted by molar-refractivity contribution is 0.0443. The highest BCUT2D eigenvalue weighted by molar-refractivity contribution is 5.10. The smallest absolute Gasteiger partial charge is 0.0474 e. The molecular formula is C18H29N3O. The first-order chi connectivity index (χ1) is 10.8. The zero-order valence-corrected chi connectivity index (χ0v) is 13.8. The van der Waals surface area contributed by atoms with Gasteiger partial charge in [0.25, 0.3) is 0 Å². The summed E-state index contributed by atoms with van der Waals surface area (Å²) in [6, 6.07) is 4.27. The summed E-state index contributed by atoms with van der Waals surface area (Å²) in [4.78, 5) is 9.47. The van der Waals surface area contributed by atoms with Crippen molar-refractivity contribution in [2.75, 3.05) is 39.9 Å².